The van der Waals surface area contributed by atoms with Crippen LogP contribution in [0.1, 0.15) is 24.2 Å². The lowest BCUT2D eigenvalue weighted by molar-refractivity contribution is -0.163. The van der Waals surface area contributed by atoms with Crippen LogP contribution in [0.15, 0.2) is 54.6 Å². The van der Waals surface area contributed by atoms with Gasteiger partial charge in [0.25, 0.3) is 5.91 Å². The number of carbonyl (C=O) groups excluding carboxylic acids is 2. The molecule has 2 aromatic carbocycles. The fourth-order valence-corrected chi connectivity index (χ4v) is 2.83. The molecular weight excluding hydrogens is 344 g/mol. The van der Waals surface area contributed by atoms with E-state index in [0.29, 0.717) is 5.56 Å². The van der Waals surface area contributed by atoms with E-state index in [1.165, 1.54) is 25.9 Å². The highest BCUT2D eigenvalue weighted by Gasteiger charge is 2.47. The Kier molecular flexibility index (Phi) is 6.71. The summed E-state index contributed by atoms with van der Waals surface area (Å²) in [5, 5.41) is 13.0. The van der Waals surface area contributed by atoms with Crippen molar-refractivity contribution in [2.75, 3.05) is 20.7 Å². The molecule has 0 aliphatic carbocycles. The predicted octanol–water partition coefficient (Wildman–Crippen LogP) is 2.29. The fourth-order valence-electron chi connectivity index (χ4n) is 2.83. The zero-order chi connectivity index (χ0) is 20.0. The lowest BCUT2D eigenvalue weighted by Crippen LogP contribution is -2.64. The summed E-state index contributed by atoms with van der Waals surface area (Å²) in [5.41, 5.74) is 0.876. The molecule has 6 heteroatoms. The fraction of sp³-hybridized carbons (Fsp3) is 0.333. The molecule has 0 saturated carbocycles. The number of likely N-dealkylation sites (N-methyl/N-ethyl adjacent to an activating group) is 2. The number of aliphatic hydroxyl groups is 1. The van der Waals surface area contributed by atoms with E-state index >= 15 is 0 Å². The average molecular weight is 370 g/mol. The molecule has 2 N–H and O–H groups in total. The Morgan fingerprint density at radius 3 is 2.19 bits per heavy atom. The maximum atomic E-state index is 12.9. The number of amides is 1. The summed E-state index contributed by atoms with van der Waals surface area (Å²) in [5.74, 6) is -1.07. The Labute approximate surface area is 159 Å². The minimum Gasteiger partial charge on any atom is -0.464 e. The molecule has 2 aromatic rings. The van der Waals surface area contributed by atoms with Gasteiger partial charge >= 0.3 is 5.97 Å². The van der Waals surface area contributed by atoms with Crippen molar-refractivity contribution in [3.63, 3.8) is 0 Å². The van der Waals surface area contributed by atoms with Gasteiger partial charge in [0.05, 0.1) is 6.61 Å². The quantitative estimate of drug-likeness (QED) is 0.577. The predicted molar refractivity (Wildman–Crippen MR) is 104 cm³/mol. The molecule has 0 bridgehead atoms. The number of hydrogen-bond acceptors (Lipinski definition) is 5. The number of hydrogen-bond donors (Lipinski definition) is 2. The molecule has 1 amide bonds. The SMILES string of the molecule is CCOC(=O)C(C)(C(O)NC)N(C)C(=O)c1ccc(-c2ccccc2)cc1. The van der Waals surface area contributed by atoms with Crippen LogP contribution in [0.4, 0.5) is 0 Å². The molecule has 0 aromatic heterocycles. The molecule has 0 spiro atoms. The van der Waals surface area contributed by atoms with Crippen molar-refractivity contribution in [2.24, 2.45) is 0 Å². The minimum atomic E-state index is -1.57. The summed E-state index contributed by atoms with van der Waals surface area (Å²) in [6, 6.07) is 16.9. The van der Waals surface area contributed by atoms with Crippen LogP contribution >= 0.6 is 0 Å². The van der Waals surface area contributed by atoms with Gasteiger partial charge in [0.15, 0.2) is 5.54 Å². The number of ether oxygens (including phenoxy) is 1. The van der Waals surface area contributed by atoms with Crippen LogP contribution < -0.4 is 5.32 Å². The van der Waals surface area contributed by atoms with Crippen LogP contribution in [-0.2, 0) is 9.53 Å². The molecule has 2 rings (SSSR count). The molecule has 6 nitrogen and oxygen atoms in total. The third-order valence-electron chi connectivity index (χ3n) is 4.73. The van der Waals surface area contributed by atoms with Gasteiger partial charge in [-0.3, -0.25) is 10.1 Å². The second kappa shape index (κ2) is 8.79. The Hall–Kier alpha value is -2.70. The van der Waals surface area contributed by atoms with Crippen molar-refractivity contribution in [2.45, 2.75) is 25.6 Å². The third kappa shape index (κ3) is 4.18. The Balaban J connectivity index is 2.30. The van der Waals surface area contributed by atoms with E-state index in [1.807, 2.05) is 42.5 Å². The summed E-state index contributed by atoms with van der Waals surface area (Å²) < 4.78 is 5.08. The maximum Gasteiger partial charge on any atom is 0.335 e. The molecule has 144 valence electrons. The van der Waals surface area contributed by atoms with Crippen molar-refractivity contribution in [1.29, 1.82) is 0 Å². The summed E-state index contributed by atoms with van der Waals surface area (Å²) in [7, 11) is 2.99. The number of rotatable bonds is 7. The van der Waals surface area contributed by atoms with E-state index in [4.69, 9.17) is 4.74 Å². The smallest absolute Gasteiger partial charge is 0.335 e. The summed E-state index contributed by atoms with van der Waals surface area (Å²) in [6.07, 6.45) is -1.28. The highest BCUT2D eigenvalue weighted by atomic mass is 16.5. The van der Waals surface area contributed by atoms with E-state index < -0.39 is 17.7 Å². The first-order chi connectivity index (χ1) is 12.9. The van der Waals surface area contributed by atoms with Gasteiger partial charge in [-0.2, -0.15) is 0 Å². The number of aliphatic hydroxyl groups excluding tert-OH is 1. The zero-order valence-electron chi connectivity index (χ0n) is 16.1. The van der Waals surface area contributed by atoms with Gasteiger partial charge in [-0.05, 0) is 44.2 Å². The molecule has 2 atom stereocenters. The second-order valence-corrected chi connectivity index (χ2v) is 6.37. The van der Waals surface area contributed by atoms with Gasteiger partial charge in [-0.25, -0.2) is 4.79 Å². The second-order valence-electron chi connectivity index (χ2n) is 6.37. The third-order valence-corrected chi connectivity index (χ3v) is 4.73. The van der Waals surface area contributed by atoms with Crippen molar-refractivity contribution in [3.05, 3.63) is 60.2 Å². The lowest BCUT2D eigenvalue weighted by atomic mass is 9.96. The van der Waals surface area contributed by atoms with Gasteiger partial charge in [-0.1, -0.05) is 42.5 Å². The molecule has 0 saturated heterocycles. The van der Waals surface area contributed by atoms with E-state index in [2.05, 4.69) is 5.32 Å². The number of nitrogens with zero attached hydrogens (tertiary/aromatic N) is 1. The number of nitrogens with one attached hydrogen (secondary N) is 1. The zero-order valence-corrected chi connectivity index (χ0v) is 16.1. The average Bonchev–Trinajstić information content (AvgIpc) is 2.72. The monoisotopic (exact) mass is 370 g/mol. The minimum absolute atomic E-state index is 0.151. The normalized spacial score (nSPS) is 14.1. The number of carbonyl (C=O) groups is 2. The molecule has 27 heavy (non-hydrogen) atoms. The van der Waals surface area contributed by atoms with Gasteiger partial charge in [0, 0.05) is 12.6 Å². The summed E-state index contributed by atoms with van der Waals surface area (Å²) >= 11 is 0. The first kappa shape index (κ1) is 20.6. The van der Waals surface area contributed by atoms with Crippen LogP contribution in [0.25, 0.3) is 11.1 Å². The summed E-state index contributed by atoms with van der Waals surface area (Å²) in [4.78, 5) is 26.6. The van der Waals surface area contributed by atoms with Crippen molar-refractivity contribution in [1.82, 2.24) is 10.2 Å². The van der Waals surface area contributed by atoms with E-state index in [1.54, 1.807) is 19.1 Å². The molecule has 0 aliphatic heterocycles. The van der Waals surface area contributed by atoms with Crippen LogP contribution in [0.3, 0.4) is 0 Å². The molecule has 0 aliphatic rings. The van der Waals surface area contributed by atoms with E-state index in [-0.39, 0.29) is 12.5 Å². The van der Waals surface area contributed by atoms with Crippen LogP contribution in [-0.4, -0.2) is 54.4 Å². The van der Waals surface area contributed by atoms with Crippen LogP contribution in [0, 0.1) is 0 Å². The maximum absolute atomic E-state index is 12.9. The number of benzene rings is 2. The first-order valence-electron chi connectivity index (χ1n) is 8.82. The molecule has 2 unspecified atom stereocenters. The highest BCUT2D eigenvalue weighted by molar-refractivity contribution is 5.98. The lowest BCUT2D eigenvalue weighted by Gasteiger charge is -2.39. The Morgan fingerprint density at radius 2 is 1.67 bits per heavy atom. The van der Waals surface area contributed by atoms with Gasteiger partial charge < -0.3 is 14.7 Å². The number of esters is 1. The largest absolute Gasteiger partial charge is 0.464 e. The van der Waals surface area contributed by atoms with Crippen molar-refractivity contribution < 1.29 is 19.4 Å². The molecule has 0 radical (unpaired) electrons. The van der Waals surface area contributed by atoms with Gasteiger partial charge in [-0.15, -0.1) is 0 Å². The first-order valence-corrected chi connectivity index (χ1v) is 8.82. The van der Waals surface area contributed by atoms with E-state index in [9.17, 15) is 14.7 Å². The standard InChI is InChI=1S/C21H26N2O4/c1-5-27-20(26)21(2,19(25)22-3)23(4)18(24)17-13-11-16(12-14-17)15-9-7-6-8-10-15/h6-14,19,22,25H,5H2,1-4H3. The molecule has 0 heterocycles. The van der Waals surface area contributed by atoms with E-state index in [0.717, 1.165) is 11.1 Å². The van der Waals surface area contributed by atoms with Gasteiger partial charge in [0.1, 0.15) is 6.23 Å². The summed E-state index contributed by atoms with van der Waals surface area (Å²) in [6.45, 7) is 3.30. The Bertz CT molecular complexity index is 777. The van der Waals surface area contributed by atoms with Crippen molar-refractivity contribution in [3.8, 4) is 11.1 Å². The molecule has 0 fully saturated rings. The highest BCUT2D eigenvalue weighted by Crippen LogP contribution is 2.24. The van der Waals surface area contributed by atoms with Crippen LogP contribution in [0.5, 0.6) is 0 Å². The van der Waals surface area contributed by atoms with Crippen molar-refractivity contribution >= 4 is 11.9 Å². The van der Waals surface area contributed by atoms with Crippen LogP contribution in [0.2, 0.25) is 0 Å². The van der Waals surface area contributed by atoms with Gasteiger partial charge in [0.2, 0.25) is 0 Å². The molecular formula is C21H26N2O4. The Morgan fingerprint density at radius 1 is 1.11 bits per heavy atom. The topological polar surface area (TPSA) is 78.9 Å².